The van der Waals surface area contributed by atoms with E-state index < -0.39 is 0 Å². The molecule has 0 aromatic rings. The minimum absolute atomic E-state index is 0.724. The summed E-state index contributed by atoms with van der Waals surface area (Å²) in [6.07, 6.45) is 5.24. The molecule has 1 heterocycles. The summed E-state index contributed by atoms with van der Waals surface area (Å²) in [5.74, 6) is 0.903. The van der Waals surface area contributed by atoms with Gasteiger partial charge in [0.15, 0.2) is 0 Å². The van der Waals surface area contributed by atoms with Gasteiger partial charge in [-0.1, -0.05) is 33.6 Å². The van der Waals surface area contributed by atoms with Crippen molar-refractivity contribution in [3.63, 3.8) is 0 Å². The van der Waals surface area contributed by atoms with E-state index in [1.54, 1.807) is 0 Å². The van der Waals surface area contributed by atoms with Crippen LogP contribution in [0.3, 0.4) is 0 Å². The molecule has 1 rings (SSSR count). The molecule has 1 aliphatic rings. The van der Waals surface area contributed by atoms with Gasteiger partial charge < -0.3 is 10.2 Å². The van der Waals surface area contributed by atoms with Gasteiger partial charge in [0.25, 0.3) is 0 Å². The molecule has 1 fully saturated rings. The molecule has 2 heteroatoms. The molecule has 1 atom stereocenters. The Balaban J connectivity index is 2.37. The van der Waals surface area contributed by atoms with Crippen molar-refractivity contribution in [3.8, 4) is 0 Å². The standard InChI is InChI=1S/C13H28N2/c1-4-12(5-2)10-15-9-7-8-14-13(6-3)11-15/h12-14H,4-11H2,1-3H3. The molecule has 2 nitrogen and oxygen atoms in total. The average molecular weight is 212 g/mol. The molecule has 1 N–H and O–H groups in total. The summed E-state index contributed by atoms with van der Waals surface area (Å²) in [4.78, 5) is 2.67. The van der Waals surface area contributed by atoms with E-state index in [0.29, 0.717) is 0 Å². The SMILES string of the molecule is CCC(CC)CN1CCCNC(CC)C1. The molecule has 0 saturated carbocycles. The van der Waals surface area contributed by atoms with E-state index >= 15 is 0 Å². The summed E-state index contributed by atoms with van der Waals surface area (Å²) in [6.45, 7) is 12.0. The first-order valence-electron chi connectivity index (χ1n) is 6.75. The monoisotopic (exact) mass is 212 g/mol. The second kappa shape index (κ2) is 7.24. The fourth-order valence-corrected chi connectivity index (χ4v) is 2.43. The first-order chi connectivity index (χ1) is 7.30. The van der Waals surface area contributed by atoms with Gasteiger partial charge in [-0.25, -0.2) is 0 Å². The molecule has 1 unspecified atom stereocenters. The van der Waals surface area contributed by atoms with Crippen molar-refractivity contribution in [1.29, 1.82) is 0 Å². The average Bonchev–Trinajstić information content (AvgIpc) is 2.50. The van der Waals surface area contributed by atoms with Gasteiger partial charge >= 0.3 is 0 Å². The molecule has 0 spiro atoms. The summed E-state index contributed by atoms with van der Waals surface area (Å²) in [5.41, 5.74) is 0. The first-order valence-corrected chi connectivity index (χ1v) is 6.75. The van der Waals surface area contributed by atoms with Crippen molar-refractivity contribution in [1.82, 2.24) is 10.2 Å². The molecule has 1 aliphatic heterocycles. The largest absolute Gasteiger partial charge is 0.313 e. The van der Waals surface area contributed by atoms with Crippen molar-refractivity contribution in [2.24, 2.45) is 5.92 Å². The lowest BCUT2D eigenvalue weighted by atomic mass is 10.0. The topological polar surface area (TPSA) is 15.3 Å². The maximum absolute atomic E-state index is 3.63. The zero-order valence-electron chi connectivity index (χ0n) is 10.8. The maximum atomic E-state index is 3.63. The maximum Gasteiger partial charge on any atom is 0.0192 e. The van der Waals surface area contributed by atoms with E-state index in [2.05, 4.69) is 31.0 Å². The van der Waals surface area contributed by atoms with Gasteiger partial charge in [0.1, 0.15) is 0 Å². The zero-order chi connectivity index (χ0) is 11.1. The van der Waals surface area contributed by atoms with Gasteiger partial charge in [-0.15, -0.1) is 0 Å². The Morgan fingerprint density at radius 1 is 1.27 bits per heavy atom. The second-order valence-corrected chi connectivity index (χ2v) is 4.85. The van der Waals surface area contributed by atoms with Crippen LogP contribution in [0.5, 0.6) is 0 Å². The second-order valence-electron chi connectivity index (χ2n) is 4.85. The van der Waals surface area contributed by atoms with Crippen molar-refractivity contribution in [2.45, 2.75) is 52.5 Å². The Labute approximate surface area is 95.4 Å². The molecule has 0 aromatic carbocycles. The third-order valence-electron chi connectivity index (χ3n) is 3.73. The normalized spacial score (nSPS) is 24.4. The summed E-state index contributed by atoms with van der Waals surface area (Å²) >= 11 is 0. The Kier molecular flexibility index (Phi) is 6.26. The highest BCUT2D eigenvalue weighted by Gasteiger charge is 2.17. The molecule has 0 amide bonds. The highest BCUT2D eigenvalue weighted by Crippen LogP contribution is 2.12. The molecule has 0 aromatic heterocycles. The van der Waals surface area contributed by atoms with E-state index in [0.717, 1.165) is 12.0 Å². The van der Waals surface area contributed by atoms with Crippen LogP contribution in [0.1, 0.15) is 46.5 Å². The van der Waals surface area contributed by atoms with Gasteiger partial charge in [0.05, 0.1) is 0 Å². The highest BCUT2D eigenvalue weighted by atomic mass is 15.2. The van der Waals surface area contributed by atoms with Gasteiger partial charge in [-0.2, -0.15) is 0 Å². The van der Waals surface area contributed by atoms with Crippen molar-refractivity contribution in [2.75, 3.05) is 26.2 Å². The predicted octanol–water partition coefficient (Wildman–Crippen LogP) is 2.50. The smallest absolute Gasteiger partial charge is 0.0192 e. The minimum atomic E-state index is 0.724. The Hall–Kier alpha value is -0.0800. The van der Waals surface area contributed by atoms with Crippen LogP contribution < -0.4 is 5.32 Å². The Morgan fingerprint density at radius 3 is 2.60 bits per heavy atom. The molecule has 0 bridgehead atoms. The third-order valence-corrected chi connectivity index (χ3v) is 3.73. The van der Waals surface area contributed by atoms with Crippen molar-refractivity contribution in [3.05, 3.63) is 0 Å². The molecule has 1 saturated heterocycles. The van der Waals surface area contributed by atoms with Crippen LogP contribution in [0.15, 0.2) is 0 Å². The van der Waals surface area contributed by atoms with E-state index in [1.165, 1.54) is 51.9 Å². The van der Waals surface area contributed by atoms with Crippen LogP contribution in [0, 0.1) is 5.92 Å². The number of hydrogen-bond acceptors (Lipinski definition) is 2. The lowest BCUT2D eigenvalue weighted by Crippen LogP contribution is -2.39. The number of rotatable bonds is 5. The van der Waals surface area contributed by atoms with Crippen LogP contribution >= 0.6 is 0 Å². The number of hydrogen-bond donors (Lipinski definition) is 1. The summed E-state index contributed by atoms with van der Waals surface area (Å²) in [6, 6.07) is 0.724. The fourth-order valence-electron chi connectivity index (χ4n) is 2.43. The molecule has 0 radical (unpaired) electrons. The summed E-state index contributed by atoms with van der Waals surface area (Å²) < 4.78 is 0. The lowest BCUT2D eigenvalue weighted by Gasteiger charge is -2.27. The molecule has 90 valence electrons. The van der Waals surface area contributed by atoms with Crippen LogP contribution in [-0.4, -0.2) is 37.1 Å². The number of nitrogens with zero attached hydrogens (tertiary/aromatic N) is 1. The summed E-state index contributed by atoms with van der Waals surface area (Å²) in [7, 11) is 0. The Morgan fingerprint density at radius 2 is 2.00 bits per heavy atom. The summed E-state index contributed by atoms with van der Waals surface area (Å²) in [5, 5.41) is 3.63. The molecular formula is C13H28N2. The molecular weight excluding hydrogens is 184 g/mol. The van der Waals surface area contributed by atoms with E-state index in [-0.39, 0.29) is 0 Å². The van der Waals surface area contributed by atoms with E-state index in [4.69, 9.17) is 0 Å². The van der Waals surface area contributed by atoms with Crippen LogP contribution in [0.25, 0.3) is 0 Å². The van der Waals surface area contributed by atoms with Crippen LogP contribution in [0.4, 0.5) is 0 Å². The van der Waals surface area contributed by atoms with Gasteiger partial charge in [-0.05, 0) is 31.8 Å². The van der Waals surface area contributed by atoms with E-state index in [1.807, 2.05) is 0 Å². The van der Waals surface area contributed by atoms with Gasteiger partial charge in [0.2, 0.25) is 0 Å². The highest BCUT2D eigenvalue weighted by molar-refractivity contribution is 4.76. The zero-order valence-corrected chi connectivity index (χ0v) is 10.8. The quantitative estimate of drug-likeness (QED) is 0.753. The fraction of sp³-hybridized carbons (Fsp3) is 1.00. The number of nitrogens with one attached hydrogen (secondary N) is 1. The predicted molar refractivity (Wildman–Crippen MR) is 67.2 cm³/mol. The van der Waals surface area contributed by atoms with Crippen molar-refractivity contribution >= 4 is 0 Å². The minimum Gasteiger partial charge on any atom is -0.313 e. The Bertz CT molecular complexity index is 155. The van der Waals surface area contributed by atoms with Gasteiger partial charge in [-0.3, -0.25) is 0 Å². The molecule has 15 heavy (non-hydrogen) atoms. The molecule has 0 aliphatic carbocycles. The van der Waals surface area contributed by atoms with E-state index in [9.17, 15) is 0 Å². The lowest BCUT2D eigenvalue weighted by molar-refractivity contribution is 0.218. The van der Waals surface area contributed by atoms with Crippen LogP contribution in [-0.2, 0) is 0 Å². The third kappa shape index (κ3) is 4.52. The first kappa shape index (κ1) is 13.0. The van der Waals surface area contributed by atoms with Crippen LogP contribution in [0.2, 0.25) is 0 Å². The van der Waals surface area contributed by atoms with Gasteiger partial charge in [0, 0.05) is 19.1 Å². The van der Waals surface area contributed by atoms with Crippen molar-refractivity contribution < 1.29 is 0 Å².